The van der Waals surface area contributed by atoms with Crippen molar-refractivity contribution in [3.05, 3.63) is 82.8 Å². The number of esters is 1. The lowest BCUT2D eigenvalue weighted by Gasteiger charge is -2.37. The molecule has 1 aliphatic rings. The van der Waals surface area contributed by atoms with Gasteiger partial charge in [-0.15, -0.1) is 0 Å². The van der Waals surface area contributed by atoms with Gasteiger partial charge in [-0.1, -0.05) is 23.7 Å². The van der Waals surface area contributed by atoms with Crippen molar-refractivity contribution in [1.29, 1.82) is 0 Å². The maximum absolute atomic E-state index is 13.3. The van der Waals surface area contributed by atoms with E-state index >= 15 is 0 Å². The van der Waals surface area contributed by atoms with Crippen molar-refractivity contribution in [3.8, 4) is 0 Å². The molecule has 1 aliphatic heterocycles. The van der Waals surface area contributed by atoms with Crippen molar-refractivity contribution >= 4 is 34.9 Å². The first kappa shape index (κ1) is 17.2. The minimum absolute atomic E-state index is 0.0427. The fourth-order valence-electron chi connectivity index (χ4n) is 3.13. The highest BCUT2D eigenvalue weighted by Gasteiger charge is 2.37. The Balaban J connectivity index is 1.87. The first-order chi connectivity index (χ1) is 13.1. The second-order valence-electron chi connectivity index (χ2n) is 5.94. The summed E-state index contributed by atoms with van der Waals surface area (Å²) in [5, 5.41) is 3.88. The number of furan rings is 1. The highest BCUT2D eigenvalue weighted by Crippen LogP contribution is 2.38. The molecule has 0 fully saturated rings. The molecular formula is C20H15ClN2O4. The van der Waals surface area contributed by atoms with E-state index in [0.29, 0.717) is 27.5 Å². The molecule has 4 rings (SSSR count). The fraction of sp³-hybridized carbons (Fsp3) is 0.100. The van der Waals surface area contributed by atoms with Gasteiger partial charge in [-0.2, -0.15) is 0 Å². The number of hydrogen-bond acceptors (Lipinski definition) is 5. The van der Waals surface area contributed by atoms with Crippen LogP contribution in [0, 0.1) is 0 Å². The van der Waals surface area contributed by atoms with Gasteiger partial charge in [0.1, 0.15) is 6.17 Å². The third-order valence-electron chi connectivity index (χ3n) is 4.39. The number of carbonyl (C=O) groups is 2. The van der Waals surface area contributed by atoms with Crippen LogP contribution in [0.2, 0.25) is 5.02 Å². The number of ether oxygens (including phenoxy) is 1. The van der Waals surface area contributed by atoms with E-state index in [2.05, 4.69) is 5.32 Å². The van der Waals surface area contributed by atoms with Gasteiger partial charge in [0.25, 0.3) is 5.91 Å². The van der Waals surface area contributed by atoms with Crippen LogP contribution in [0.5, 0.6) is 0 Å². The summed E-state index contributed by atoms with van der Waals surface area (Å²) in [5.74, 6) is -0.769. The van der Waals surface area contributed by atoms with E-state index in [1.165, 1.54) is 13.4 Å². The van der Waals surface area contributed by atoms with Gasteiger partial charge in [0.15, 0.2) is 0 Å². The number of anilines is 2. The molecule has 0 spiro atoms. The standard InChI is InChI=1S/C20H15ClN2O4/c1-26-20(25)17-15(10-11-27-17)18-22-16-5-3-2-4-14(16)19(24)23(18)13-8-6-12(21)7-9-13/h2-11,18,22H,1H3. The van der Waals surface area contributed by atoms with E-state index in [1.54, 1.807) is 47.4 Å². The molecular weight excluding hydrogens is 368 g/mol. The Morgan fingerprint density at radius 3 is 2.63 bits per heavy atom. The van der Waals surface area contributed by atoms with Crippen LogP contribution in [-0.4, -0.2) is 19.0 Å². The van der Waals surface area contributed by atoms with Crippen LogP contribution in [0.1, 0.15) is 32.6 Å². The Bertz CT molecular complexity index is 1010. The molecule has 1 N–H and O–H groups in total. The highest BCUT2D eigenvalue weighted by molar-refractivity contribution is 6.30. The minimum atomic E-state index is -0.651. The van der Waals surface area contributed by atoms with Gasteiger partial charge >= 0.3 is 5.97 Å². The molecule has 136 valence electrons. The number of nitrogens with one attached hydrogen (secondary N) is 1. The Hall–Kier alpha value is -3.25. The molecule has 6 nitrogen and oxygen atoms in total. The topological polar surface area (TPSA) is 71.8 Å². The number of fused-ring (bicyclic) bond motifs is 1. The summed E-state index contributed by atoms with van der Waals surface area (Å²) in [4.78, 5) is 26.9. The van der Waals surface area contributed by atoms with Gasteiger partial charge in [-0.3, -0.25) is 9.69 Å². The molecule has 1 atom stereocenters. The molecule has 1 aromatic heterocycles. The molecule has 0 bridgehead atoms. The molecule has 7 heteroatoms. The number of halogens is 1. The zero-order valence-corrected chi connectivity index (χ0v) is 15.1. The van der Waals surface area contributed by atoms with E-state index < -0.39 is 12.1 Å². The third kappa shape index (κ3) is 2.94. The number of hydrogen-bond donors (Lipinski definition) is 1. The van der Waals surface area contributed by atoms with Crippen molar-refractivity contribution in [1.82, 2.24) is 0 Å². The maximum atomic E-state index is 13.3. The van der Waals surface area contributed by atoms with Crippen molar-refractivity contribution < 1.29 is 18.7 Å². The second kappa shape index (κ2) is 6.81. The highest BCUT2D eigenvalue weighted by atomic mass is 35.5. The van der Waals surface area contributed by atoms with Crippen LogP contribution in [0.25, 0.3) is 0 Å². The van der Waals surface area contributed by atoms with Gasteiger partial charge in [-0.05, 0) is 42.5 Å². The zero-order valence-electron chi connectivity index (χ0n) is 14.3. The molecule has 3 aromatic rings. The summed E-state index contributed by atoms with van der Waals surface area (Å²) >= 11 is 5.99. The first-order valence-corrected chi connectivity index (χ1v) is 8.58. The summed E-state index contributed by atoms with van der Waals surface area (Å²) in [6.45, 7) is 0. The molecule has 0 aliphatic carbocycles. The van der Waals surface area contributed by atoms with Crippen molar-refractivity contribution in [2.24, 2.45) is 0 Å². The van der Waals surface area contributed by atoms with E-state index in [0.717, 1.165) is 0 Å². The summed E-state index contributed by atoms with van der Waals surface area (Å²) in [5.41, 5.74) is 2.34. The number of benzene rings is 2. The Labute approximate surface area is 160 Å². The van der Waals surface area contributed by atoms with E-state index in [4.69, 9.17) is 20.8 Å². The van der Waals surface area contributed by atoms with Crippen molar-refractivity contribution in [2.45, 2.75) is 6.17 Å². The predicted octanol–water partition coefficient (Wildman–Crippen LogP) is 4.49. The van der Waals surface area contributed by atoms with Crippen LogP contribution in [0.4, 0.5) is 11.4 Å². The van der Waals surface area contributed by atoms with E-state index in [-0.39, 0.29) is 11.7 Å². The predicted molar refractivity (Wildman–Crippen MR) is 101 cm³/mol. The monoisotopic (exact) mass is 382 g/mol. The second-order valence-corrected chi connectivity index (χ2v) is 6.38. The smallest absolute Gasteiger partial charge is 0.374 e. The van der Waals surface area contributed by atoms with Crippen LogP contribution in [-0.2, 0) is 4.74 Å². The lowest BCUT2D eigenvalue weighted by atomic mass is 10.0. The summed E-state index contributed by atoms with van der Waals surface area (Å²) in [6.07, 6.45) is 0.746. The largest absolute Gasteiger partial charge is 0.463 e. The number of rotatable bonds is 3. The quantitative estimate of drug-likeness (QED) is 0.676. The van der Waals surface area contributed by atoms with Crippen molar-refractivity contribution in [2.75, 3.05) is 17.3 Å². The SMILES string of the molecule is COC(=O)c1occc1C1Nc2ccccc2C(=O)N1c1ccc(Cl)cc1. The van der Waals surface area contributed by atoms with Gasteiger partial charge in [0.2, 0.25) is 5.76 Å². The van der Waals surface area contributed by atoms with Crippen LogP contribution in [0.15, 0.2) is 65.3 Å². The maximum Gasteiger partial charge on any atom is 0.374 e. The molecule has 0 radical (unpaired) electrons. The Morgan fingerprint density at radius 2 is 1.89 bits per heavy atom. The number of para-hydroxylation sites is 1. The molecule has 1 amide bonds. The number of nitrogens with zero attached hydrogens (tertiary/aromatic N) is 1. The molecule has 2 heterocycles. The average Bonchev–Trinajstić information content (AvgIpc) is 3.18. The fourth-order valence-corrected chi connectivity index (χ4v) is 3.26. The first-order valence-electron chi connectivity index (χ1n) is 8.20. The minimum Gasteiger partial charge on any atom is -0.463 e. The summed E-state index contributed by atoms with van der Waals surface area (Å²) in [6, 6.07) is 15.8. The van der Waals surface area contributed by atoms with Crippen molar-refractivity contribution in [3.63, 3.8) is 0 Å². The average molecular weight is 383 g/mol. The summed E-state index contributed by atoms with van der Waals surface area (Å²) in [7, 11) is 1.28. The third-order valence-corrected chi connectivity index (χ3v) is 4.64. The lowest BCUT2D eigenvalue weighted by molar-refractivity contribution is 0.0562. The molecule has 1 unspecified atom stereocenters. The Morgan fingerprint density at radius 1 is 1.15 bits per heavy atom. The number of methoxy groups -OCH3 is 1. The zero-order chi connectivity index (χ0) is 19.0. The van der Waals surface area contributed by atoms with Gasteiger partial charge in [0, 0.05) is 22.0 Å². The molecule has 0 saturated carbocycles. The summed E-state index contributed by atoms with van der Waals surface area (Å²) < 4.78 is 10.1. The van der Waals surface area contributed by atoms with Gasteiger partial charge in [-0.25, -0.2) is 4.79 Å². The van der Waals surface area contributed by atoms with E-state index in [9.17, 15) is 9.59 Å². The lowest BCUT2D eigenvalue weighted by Crippen LogP contribution is -2.43. The van der Waals surface area contributed by atoms with Crippen LogP contribution < -0.4 is 10.2 Å². The normalized spacial score (nSPS) is 15.9. The number of carbonyl (C=O) groups excluding carboxylic acids is 2. The van der Waals surface area contributed by atoms with Crippen LogP contribution in [0.3, 0.4) is 0 Å². The number of amides is 1. The van der Waals surface area contributed by atoms with E-state index in [1.807, 2.05) is 12.1 Å². The van der Waals surface area contributed by atoms with Crippen LogP contribution >= 0.6 is 11.6 Å². The van der Waals surface area contributed by atoms with Gasteiger partial charge < -0.3 is 14.5 Å². The Kier molecular flexibility index (Phi) is 4.33. The molecule has 27 heavy (non-hydrogen) atoms. The molecule has 0 saturated heterocycles. The van der Waals surface area contributed by atoms with Gasteiger partial charge in [0.05, 0.1) is 18.9 Å². The molecule has 2 aromatic carbocycles.